The number of ether oxygens (including phenoxy) is 1. The van der Waals surface area contributed by atoms with Crippen LogP contribution in [0.5, 0.6) is 5.75 Å². The van der Waals surface area contributed by atoms with Crippen LogP contribution in [-0.4, -0.2) is 28.7 Å². The molecule has 1 amide bonds. The van der Waals surface area contributed by atoms with Crippen molar-refractivity contribution in [2.75, 3.05) is 11.9 Å². The van der Waals surface area contributed by atoms with E-state index >= 15 is 0 Å². The number of carbonyl (C=O) groups is 2. The van der Waals surface area contributed by atoms with Gasteiger partial charge in [0.15, 0.2) is 11.7 Å². The van der Waals surface area contributed by atoms with Gasteiger partial charge in [-0.15, -0.1) is 0 Å². The number of amides is 1. The third kappa shape index (κ3) is 6.33. The molecule has 0 heterocycles. The van der Waals surface area contributed by atoms with Crippen LogP contribution in [0, 0.1) is 0 Å². The summed E-state index contributed by atoms with van der Waals surface area (Å²) in [5, 5.41) is 14.4. The molecule has 0 bridgehead atoms. The Balaban J connectivity index is 1.89. The quantitative estimate of drug-likeness (QED) is 0.572. The van der Waals surface area contributed by atoms with Crippen LogP contribution < -0.4 is 15.4 Å². The number of thiocarbonyl (C=S) groups is 1. The Labute approximate surface area is 171 Å². The molecular weight excluding hydrogens is 432 g/mol. The van der Waals surface area contributed by atoms with Crippen LogP contribution in [0.2, 0.25) is 0 Å². The molecule has 0 saturated heterocycles. The van der Waals surface area contributed by atoms with Crippen LogP contribution in [0.1, 0.15) is 35.7 Å². The van der Waals surface area contributed by atoms with E-state index in [1.807, 2.05) is 12.1 Å². The van der Waals surface area contributed by atoms with E-state index in [2.05, 4.69) is 40.4 Å². The molecule has 142 valence electrons. The van der Waals surface area contributed by atoms with Gasteiger partial charge in [-0.1, -0.05) is 41.9 Å². The molecule has 8 heteroatoms. The van der Waals surface area contributed by atoms with Crippen molar-refractivity contribution >= 4 is 50.8 Å². The minimum absolute atomic E-state index is 0.0106. The van der Waals surface area contributed by atoms with Gasteiger partial charge in [0.05, 0.1) is 11.3 Å². The van der Waals surface area contributed by atoms with Crippen molar-refractivity contribution < 1.29 is 19.4 Å². The van der Waals surface area contributed by atoms with Crippen LogP contribution in [0.3, 0.4) is 0 Å². The minimum atomic E-state index is -1.11. The molecule has 2 aromatic rings. The molecule has 0 atom stereocenters. The molecule has 0 saturated carbocycles. The van der Waals surface area contributed by atoms with Gasteiger partial charge in [0.1, 0.15) is 5.75 Å². The molecular formula is C19H19BrN2O4S. The van der Waals surface area contributed by atoms with Gasteiger partial charge in [0.25, 0.3) is 5.91 Å². The number of anilines is 1. The summed E-state index contributed by atoms with van der Waals surface area (Å²) in [6.07, 6.45) is 0. The minimum Gasteiger partial charge on any atom is -0.484 e. The molecule has 27 heavy (non-hydrogen) atoms. The monoisotopic (exact) mass is 450 g/mol. The van der Waals surface area contributed by atoms with Crippen LogP contribution in [0.15, 0.2) is 46.9 Å². The lowest BCUT2D eigenvalue weighted by Crippen LogP contribution is -2.37. The zero-order valence-electron chi connectivity index (χ0n) is 14.8. The third-order valence-corrected chi connectivity index (χ3v) is 4.33. The first-order valence-corrected chi connectivity index (χ1v) is 9.33. The molecule has 0 unspecified atom stereocenters. The normalized spacial score (nSPS) is 10.4. The summed E-state index contributed by atoms with van der Waals surface area (Å²) in [7, 11) is 0. The number of hydrogen-bond donors (Lipinski definition) is 3. The Kier molecular flexibility index (Phi) is 7.32. The highest BCUT2D eigenvalue weighted by molar-refractivity contribution is 9.10. The van der Waals surface area contributed by atoms with Crippen molar-refractivity contribution in [1.82, 2.24) is 5.32 Å². The SMILES string of the molecule is CC(C)c1ccc(OCC(=O)NC(=S)Nc2ccc(Br)cc2C(=O)O)cc1. The van der Waals surface area contributed by atoms with Crippen molar-refractivity contribution in [3.63, 3.8) is 0 Å². The number of aromatic carboxylic acids is 1. The summed E-state index contributed by atoms with van der Waals surface area (Å²) >= 11 is 8.28. The number of carboxylic acid groups (broad SMARTS) is 1. The van der Waals surface area contributed by atoms with Crippen molar-refractivity contribution in [3.05, 3.63) is 58.1 Å². The molecule has 0 aliphatic carbocycles. The number of halogens is 1. The predicted octanol–water partition coefficient (Wildman–Crippen LogP) is 4.16. The van der Waals surface area contributed by atoms with E-state index in [0.29, 0.717) is 16.1 Å². The number of carbonyl (C=O) groups excluding carboxylic acids is 1. The van der Waals surface area contributed by atoms with Gasteiger partial charge >= 0.3 is 5.97 Å². The lowest BCUT2D eigenvalue weighted by molar-refractivity contribution is -0.121. The Hall–Kier alpha value is -2.45. The largest absolute Gasteiger partial charge is 0.484 e. The first-order valence-electron chi connectivity index (χ1n) is 8.12. The highest BCUT2D eigenvalue weighted by Gasteiger charge is 2.13. The summed E-state index contributed by atoms with van der Waals surface area (Å²) in [5.41, 5.74) is 1.49. The fourth-order valence-electron chi connectivity index (χ4n) is 2.22. The standard InChI is InChI=1S/C19H19BrN2O4S/c1-11(2)12-3-6-14(7-4-12)26-10-17(23)22-19(27)21-16-8-5-13(20)9-15(16)18(24)25/h3-9,11H,10H2,1-2H3,(H,24,25)(H2,21,22,23,27). The lowest BCUT2D eigenvalue weighted by Gasteiger charge is -2.13. The molecule has 0 aliphatic heterocycles. The van der Waals surface area contributed by atoms with Crippen LogP contribution in [-0.2, 0) is 4.79 Å². The van der Waals surface area contributed by atoms with Gasteiger partial charge in [-0.2, -0.15) is 0 Å². The highest BCUT2D eigenvalue weighted by Crippen LogP contribution is 2.21. The molecule has 0 fully saturated rings. The van der Waals surface area contributed by atoms with E-state index in [0.717, 1.165) is 0 Å². The third-order valence-electron chi connectivity index (χ3n) is 3.63. The molecule has 0 spiro atoms. The van der Waals surface area contributed by atoms with Crippen molar-refractivity contribution in [2.45, 2.75) is 19.8 Å². The zero-order valence-corrected chi connectivity index (χ0v) is 17.2. The van der Waals surface area contributed by atoms with Crippen molar-refractivity contribution in [1.29, 1.82) is 0 Å². The zero-order chi connectivity index (χ0) is 20.0. The van der Waals surface area contributed by atoms with Gasteiger partial charge in [0, 0.05) is 4.47 Å². The summed E-state index contributed by atoms with van der Waals surface area (Å²) in [6, 6.07) is 12.2. The van der Waals surface area contributed by atoms with E-state index in [1.54, 1.807) is 24.3 Å². The Bertz CT molecular complexity index is 853. The summed E-state index contributed by atoms with van der Waals surface area (Å²) in [4.78, 5) is 23.3. The van der Waals surface area contributed by atoms with E-state index < -0.39 is 11.9 Å². The van der Waals surface area contributed by atoms with Crippen molar-refractivity contribution in [3.8, 4) is 5.75 Å². The average molecular weight is 451 g/mol. The highest BCUT2D eigenvalue weighted by atomic mass is 79.9. The van der Waals surface area contributed by atoms with Crippen LogP contribution >= 0.6 is 28.1 Å². The summed E-state index contributed by atoms with van der Waals surface area (Å²) < 4.78 is 6.05. The molecule has 0 aliphatic rings. The van der Waals surface area contributed by atoms with Gasteiger partial charge in [0.2, 0.25) is 0 Å². The molecule has 3 N–H and O–H groups in total. The van der Waals surface area contributed by atoms with E-state index in [1.165, 1.54) is 11.6 Å². The molecule has 6 nitrogen and oxygen atoms in total. The molecule has 2 rings (SSSR count). The van der Waals surface area contributed by atoms with E-state index in [4.69, 9.17) is 17.0 Å². The van der Waals surface area contributed by atoms with Gasteiger partial charge < -0.3 is 15.2 Å². The second-order valence-electron chi connectivity index (χ2n) is 6.01. The van der Waals surface area contributed by atoms with Gasteiger partial charge in [-0.3, -0.25) is 10.1 Å². The first-order chi connectivity index (χ1) is 12.8. The van der Waals surface area contributed by atoms with E-state index in [9.17, 15) is 14.7 Å². The Morgan fingerprint density at radius 1 is 1.19 bits per heavy atom. The number of benzene rings is 2. The fourth-order valence-corrected chi connectivity index (χ4v) is 2.80. The van der Waals surface area contributed by atoms with E-state index in [-0.39, 0.29) is 23.0 Å². The Morgan fingerprint density at radius 2 is 1.85 bits per heavy atom. The van der Waals surface area contributed by atoms with Crippen molar-refractivity contribution in [2.24, 2.45) is 0 Å². The predicted molar refractivity (Wildman–Crippen MR) is 111 cm³/mol. The molecule has 2 aromatic carbocycles. The number of hydrogen-bond acceptors (Lipinski definition) is 4. The van der Waals surface area contributed by atoms with Crippen LogP contribution in [0.25, 0.3) is 0 Å². The summed E-state index contributed by atoms with van der Waals surface area (Å²) in [5.74, 6) is -0.565. The fraction of sp³-hybridized carbons (Fsp3) is 0.211. The second-order valence-corrected chi connectivity index (χ2v) is 7.33. The van der Waals surface area contributed by atoms with Gasteiger partial charge in [-0.05, 0) is 54.0 Å². The summed E-state index contributed by atoms with van der Waals surface area (Å²) in [6.45, 7) is 3.98. The first kappa shape index (κ1) is 20.9. The second kappa shape index (κ2) is 9.48. The number of rotatable bonds is 6. The maximum Gasteiger partial charge on any atom is 0.337 e. The maximum absolute atomic E-state index is 12.0. The topological polar surface area (TPSA) is 87.7 Å². The maximum atomic E-state index is 12.0. The number of carboxylic acids is 1. The lowest BCUT2D eigenvalue weighted by atomic mass is 10.0. The molecule has 0 aromatic heterocycles. The Morgan fingerprint density at radius 3 is 2.44 bits per heavy atom. The number of nitrogens with one attached hydrogen (secondary N) is 2. The molecule has 0 radical (unpaired) electrons. The average Bonchev–Trinajstić information content (AvgIpc) is 2.61. The smallest absolute Gasteiger partial charge is 0.337 e. The van der Waals surface area contributed by atoms with Crippen LogP contribution in [0.4, 0.5) is 5.69 Å². The van der Waals surface area contributed by atoms with Gasteiger partial charge in [-0.25, -0.2) is 4.79 Å².